The lowest BCUT2D eigenvalue weighted by Crippen LogP contribution is -2.16. The molecule has 2 aromatic heterocycles. The first-order valence-corrected chi connectivity index (χ1v) is 7.71. The maximum atomic E-state index is 12.2. The lowest BCUT2D eigenvalue weighted by molar-refractivity contribution is 0.0607. The number of esters is 1. The summed E-state index contributed by atoms with van der Waals surface area (Å²) >= 11 is 1.09. The van der Waals surface area contributed by atoms with E-state index in [9.17, 15) is 13.2 Å². The molecule has 0 unspecified atom stereocenters. The quantitative estimate of drug-likeness (QED) is 0.721. The van der Waals surface area contributed by atoms with E-state index in [1.165, 1.54) is 7.11 Å². The van der Waals surface area contributed by atoms with Crippen molar-refractivity contribution in [1.29, 1.82) is 0 Å². The Morgan fingerprint density at radius 1 is 1.55 bits per heavy atom. The van der Waals surface area contributed by atoms with Crippen LogP contribution in [0.4, 0.5) is 11.5 Å². The standard InChI is InChI=1S/C10H12N4O4S2/c1-5-4-19-8(10(15)18-2)7(5)14-20(16,17)6-3-12-13-9(6)11/h3-4,14H,1-2H3,(H3,11,12,13). The van der Waals surface area contributed by atoms with Gasteiger partial charge in [-0.1, -0.05) is 0 Å². The van der Waals surface area contributed by atoms with Gasteiger partial charge < -0.3 is 10.5 Å². The molecule has 0 amide bonds. The first kappa shape index (κ1) is 14.3. The van der Waals surface area contributed by atoms with Crippen LogP contribution in [-0.2, 0) is 14.8 Å². The van der Waals surface area contributed by atoms with E-state index in [0.29, 0.717) is 5.56 Å². The van der Waals surface area contributed by atoms with Crippen molar-refractivity contribution in [3.8, 4) is 0 Å². The number of carbonyl (C=O) groups excluding carboxylic acids is 1. The Morgan fingerprint density at radius 2 is 2.25 bits per heavy atom. The number of nitrogens with zero attached hydrogens (tertiary/aromatic N) is 1. The summed E-state index contributed by atoms with van der Waals surface area (Å²) in [6, 6.07) is 0. The largest absolute Gasteiger partial charge is 0.465 e. The third-order valence-corrected chi connectivity index (χ3v) is 4.96. The van der Waals surface area contributed by atoms with Gasteiger partial charge in [0.2, 0.25) is 0 Å². The zero-order chi connectivity index (χ0) is 14.9. The van der Waals surface area contributed by atoms with Gasteiger partial charge in [0.1, 0.15) is 15.6 Å². The zero-order valence-electron chi connectivity index (χ0n) is 10.6. The molecule has 0 fully saturated rings. The highest BCUT2D eigenvalue weighted by molar-refractivity contribution is 7.93. The minimum absolute atomic E-state index is 0.0787. The Kier molecular flexibility index (Phi) is 3.68. The summed E-state index contributed by atoms with van der Waals surface area (Å²) in [4.78, 5) is 11.6. The molecule has 8 nitrogen and oxygen atoms in total. The number of thiophene rings is 1. The lowest BCUT2D eigenvalue weighted by Gasteiger charge is -2.08. The number of aryl methyl sites for hydroxylation is 1. The van der Waals surface area contributed by atoms with Gasteiger partial charge in [-0.05, 0) is 17.9 Å². The monoisotopic (exact) mass is 316 g/mol. The Balaban J connectivity index is 2.43. The number of nitrogens with two attached hydrogens (primary N) is 1. The summed E-state index contributed by atoms with van der Waals surface area (Å²) in [6.07, 6.45) is 1.09. The third-order valence-electron chi connectivity index (χ3n) is 2.50. The van der Waals surface area contributed by atoms with Gasteiger partial charge in [-0.15, -0.1) is 11.3 Å². The highest BCUT2D eigenvalue weighted by Gasteiger charge is 2.25. The average molecular weight is 316 g/mol. The predicted molar refractivity (Wildman–Crippen MR) is 74.2 cm³/mol. The van der Waals surface area contributed by atoms with Crippen LogP contribution in [0.5, 0.6) is 0 Å². The molecule has 0 aromatic carbocycles. The molecule has 0 saturated carbocycles. The Hall–Kier alpha value is -2.07. The zero-order valence-corrected chi connectivity index (χ0v) is 12.3. The number of H-pyrrole nitrogens is 1. The average Bonchev–Trinajstić information content (AvgIpc) is 2.96. The van der Waals surface area contributed by atoms with Crippen molar-refractivity contribution in [2.75, 3.05) is 17.6 Å². The van der Waals surface area contributed by atoms with Gasteiger partial charge in [0.25, 0.3) is 10.0 Å². The number of methoxy groups -OCH3 is 1. The normalized spacial score (nSPS) is 11.3. The van der Waals surface area contributed by atoms with Crippen LogP contribution < -0.4 is 10.5 Å². The van der Waals surface area contributed by atoms with Crippen molar-refractivity contribution in [2.45, 2.75) is 11.8 Å². The number of aromatic amines is 1. The molecule has 0 atom stereocenters. The summed E-state index contributed by atoms with van der Waals surface area (Å²) in [5.41, 5.74) is 6.29. The number of hydrogen-bond acceptors (Lipinski definition) is 7. The smallest absolute Gasteiger partial charge is 0.350 e. The number of anilines is 2. The second-order valence-corrected chi connectivity index (χ2v) is 6.40. The molecule has 0 aliphatic carbocycles. The van der Waals surface area contributed by atoms with Crippen LogP contribution in [0, 0.1) is 6.92 Å². The third kappa shape index (κ3) is 2.47. The van der Waals surface area contributed by atoms with Crippen molar-refractivity contribution in [2.24, 2.45) is 0 Å². The molecular weight excluding hydrogens is 304 g/mol. The fraction of sp³-hybridized carbons (Fsp3) is 0.200. The van der Waals surface area contributed by atoms with Crippen molar-refractivity contribution >= 4 is 38.8 Å². The van der Waals surface area contributed by atoms with Crippen LogP contribution in [-0.4, -0.2) is 31.7 Å². The highest BCUT2D eigenvalue weighted by atomic mass is 32.2. The minimum atomic E-state index is -3.93. The minimum Gasteiger partial charge on any atom is -0.465 e. The van der Waals surface area contributed by atoms with Gasteiger partial charge in [0, 0.05) is 0 Å². The number of ether oxygens (including phenoxy) is 1. The van der Waals surface area contributed by atoms with Crippen LogP contribution >= 0.6 is 11.3 Å². The molecule has 10 heteroatoms. The predicted octanol–water partition coefficient (Wildman–Crippen LogP) is 0.949. The van der Waals surface area contributed by atoms with Crippen LogP contribution in [0.2, 0.25) is 0 Å². The van der Waals surface area contributed by atoms with Crippen LogP contribution in [0.25, 0.3) is 0 Å². The Labute approximate surface area is 119 Å². The van der Waals surface area contributed by atoms with Crippen LogP contribution in [0.3, 0.4) is 0 Å². The molecule has 0 aliphatic rings. The number of hydrogen-bond donors (Lipinski definition) is 3. The Bertz CT molecular complexity index is 747. The number of nitrogens with one attached hydrogen (secondary N) is 2. The highest BCUT2D eigenvalue weighted by Crippen LogP contribution is 2.30. The topological polar surface area (TPSA) is 127 Å². The molecule has 0 saturated heterocycles. The molecule has 0 radical (unpaired) electrons. The maximum Gasteiger partial charge on any atom is 0.350 e. The van der Waals surface area contributed by atoms with E-state index < -0.39 is 16.0 Å². The van der Waals surface area contributed by atoms with Gasteiger partial charge in [0.15, 0.2) is 0 Å². The van der Waals surface area contributed by atoms with Crippen molar-refractivity contribution < 1.29 is 17.9 Å². The summed E-state index contributed by atoms with van der Waals surface area (Å²) in [6.45, 7) is 1.68. The van der Waals surface area contributed by atoms with E-state index >= 15 is 0 Å². The van der Waals surface area contributed by atoms with E-state index in [4.69, 9.17) is 5.73 Å². The SMILES string of the molecule is COC(=O)c1scc(C)c1NS(=O)(=O)c1cn[nH]c1N. The molecule has 2 heterocycles. The number of nitrogen functional groups attached to an aromatic ring is 1. The molecule has 2 aromatic rings. The van der Waals surface area contributed by atoms with Gasteiger partial charge in [-0.2, -0.15) is 5.10 Å². The van der Waals surface area contributed by atoms with E-state index in [2.05, 4.69) is 19.7 Å². The number of rotatable bonds is 4. The maximum absolute atomic E-state index is 12.2. The number of aromatic nitrogens is 2. The summed E-state index contributed by atoms with van der Waals surface area (Å²) in [5, 5.41) is 7.55. The number of sulfonamides is 1. The molecular formula is C10H12N4O4S2. The summed E-state index contributed by atoms with van der Waals surface area (Å²) in [7, 11) is -2.70. The van der Waals surface area contributed by atoms with Crippen molar-refractivity contribution in [3.05, 3.63) is 22.0 Å². The second kappa shape index (κ2) is 5.13. The van der Waals surface area contributed by atoms with Crippen LogP contribution in [0.15, 0.2) is 16.5 Å². The summed E-state index contributed by atoms with van der Waals surface area (Å²) in [5.74, 6) is -0.689. The fourth-order valence-corrected chi connectivity index (χ4v) is 3.66. The molecule has 20 heavy (non-hydrogen) atoms. The van der Waals surface area contributed by atoms with E-state index in [1.54, 1.807) is 12.3 Å². The van der Waals surface area contributed by atoms with Crippen LogP contribution in [0.1, 0.15) is 15.2 Å². The second-order valence-electron chi connectivity index (χ2n) is 3.87. The van der Waals surface area contributed by atoms with Gasteiger partial charge in [-0.3, -0.25) is 9.82 Å². The van der Waals surface area contributed by atoms with Gasteiger partial charge in [0.05, 0.1) is 19.0 Å². The van der Waals surface area contributed by atoms with Gasteiger partial charge >= 0.3 is 5.97 Å². The molecule has 4 N–H and O–H groups in total. The van der Waals surface area contributed by atoms with Crippen molar-refractivity contribution in [1.82, 2.24) is 10.2 Å². The first-order chi connectivity index (χ1) is 9.36. The number of carbonyl (C=O) groups is 1. The molecule has 108 valence electrons. The fourth-order valence-electron chi connectivity index (χ4n) is 1.50. The molecule has 0 bridgehead atoms. The molecule has 0 aliphatic heterocycles. The van der Waals surface area contributed by atoms with Crippen molar-refractivity contribution in [3.63, 3.8) is 0 Å². The van der Waals surface area contributed by atoms with E-state index in [0.717, 1.165) is 17.5 Å². The lowest BCUT2D eigenvalue weighted by atomic mass is 10.3. The Morgan fingerprint density at radius 3 is 2.80 bits per heavy atom. The summed E-state index contributed by atoms with van der Waals surface area (Å²) < 4.78 is 31.3. The first-order valence-electron chi connectivity index (χ1n) is 5.35. The molecule has 0 spiro atoms. The van der Waals surface area contributed by atoms with Gasteiger partial charge in [-0.25, -0.2) is 13.2 Å². The van der Waals surface area contributed by atoms with E-state index in [1.807, 2.05) is 0 Å². The van der Waals surface area contributed by atoms with E-state index in [-0.39, 0.29) is 21.3 Å². The molecule has 2 rings (SSSR count).